The number of hydrogen-bond donors (Lipinski definition) is 7. The summed E-state index contributed by atoms with van der Waals surface area (Å²) in [7, 11) is 0. The van der Waals surface area contributed by atoms with Crippen molar-refractivity contribution in [1.29, 1.82) is 0 Å². The first-order valence-electron chi connectivity index (χ1n) is 7.81. The summed E-state index contributed by atoms with van der Waals surface area (Å²) in [5.74, 6) is -1.70. The summed E-state index contributed by atoms with van der Waals surface area (Å²) < 4.78 is 11.6. The molecule has 3 heterocycles. The van der Waals surface area contributed by atoms with Gasteiger partial charge in [0.2, 0.25) is 5.82 Å². The van der Waals surface area contributed by atoms with Gasteiger partial charge in [0, 0.05) is 0 Å². The van der Waals surface area contributed by atoms with Crippen LogP contribution in [0.2, 0.25) is 0 Å². The van der Waals surface area contributed by atoms with Gasteiger partial charge in [0.25, 0.3) is 5.91 Å². The van der Waals surface area contributed by atoms with E-state index in [2.05, 4.69) is 10.1 Å². The summed E-state index contributed by atoms with van der Waals surface area (Å²) >= 11 is 0. The Morgan fingerprint density at radius 2 is 1.58 bits per heavy atom. The molecular weight excluding hydrogens is 356 g/mol. The van der Waals surface area contributed by atoms with Crippen LogP contribution in [0.4, 0.5) is 0 Å². The number of aliphatic hydroxyl groups excluding tert-OH is 6. The Morgan fingerprint density at radius 3 is 2.08 bits per heavy atom. The smallest absolute Gasteiger partial charge is 0.288 e. The van der Waals surface area contributed by atoms with E-state index in [0.717, 1.165) is 4.68 Å². The molecule has 2 aliphatic rings. The van der Waals surface area contributed by atoms with Gasteiger partial charge < -0.3 is 45.8 Å². The number of nitrogens with zero attached hydrogens (tertiary/aromatic N) is 3. The van der Waals surface area contributed by atoms with Crippen molar-refractivity contribution in [2.75, 3.05) is 13.2 Å². The van der Waals surface area contributed by atoms with E-state index in [1.54, 1.807) is 0 Å². The van der Waals surface area contributed by atoms with Crippen molar-refractivity contribution in [3.63, 3.8) is 0 Å². The number of carbonyl (C=O) groups excluding carboxylic acids is 1. The van der Waals surface area contributed by atoms with Crippen LogP contribution >= 0.6 is 0 Å². The molecule has 146 valence electrons. The summed E-state index contributed by atoms with van der Waals surface area (Å²) in [5, 5.41) is 62.3. The summed E-state index contributed by atoms with van der Waals surface area (Å²) in [6.07, 6.45) is -10.8. The first-order valence-corrected chi connectivity index (χ1v) is 7.81. The Bertz CT molecular complexity index is 623. The molecule has 2 saturated heterocycles. The Labute approximate surface area is 146 Å². The maximum atomic E-state index is 11.4. The van der Waals surface area contributed by atoms with Crippen molar-refractivity contribution < 1.29 is 44.9 Å². The second kappa shape index (κ2) is 7.13. The number of amides is 1. The number of aliphatic hydroxyl groups is 6. The van der Waals surface area contributed by atoms with E-state index in [1.807, 2.05) is 0 Å². The highest BCUT2D eigenvalue weighted by Crippen LogP contribution is 2.36. The highest BCUT2D eigenvalue weighted by molar-refractivity contribution is 5.88. The Morgan fingerprint density at radius 1 is 1.00 bits per heavy atom. The molecule has 13 nitrogen and oxygen atoms in total. The number of carbonyl (C=O) groups is 1. The van der Waals surface area contributed by atoms with Gasteiger partial charge in [0.05, 0.1) is 13.2 Å². The molecule has 1 aromatic heterocycles. The Balaban J connectivity index is 2.00. The standard InChI is InChI=1S/C13H20N4O9/c14-10(24)11-15-12(9-7(22)5(20)3(1-18)25-9)17(16-11)13-8(23)6(21)4(2-19)26-13/h3-9,13,18-23H,1-2H2,(H2,14,24)/t3-,4-,5-,6-,7-,8-,9-,13?/m1/s1. The van der Waals surface area contributed by atoms with Gasteiger partial charge in [0.1, 0.15) is 42.7 Å². The molecule has 0 bridgehead atoms. The molecule has 8 N–H and O–H groups in total. The third-order valence-electron chi connectivity index (χ3n) is 4.43. The largest absolute Gasteiger partial charge is 0.394 e. The lowest BCUT2D eigenvalue weighted by Gasteiger charge is -2.20. The van der Waals surface area contributed by atoms with Crippen LogP contribution in [-0.2, 0) is 9.47 Å². The SMILES string of the molecule is NC(=O)c1nc([C@@H]2O[C@H](CO)[C@@H](O)[C@H]2O)n(C2O[C@H](CO)[C@@H](O)[C@H]2O)n1. The molecule has 0 saturated carbocycles. The lowest BCUT2D eigenvalue weighted by atomic mass is 10.1. The van der Waals surface area contributed by atoms with Crippen molar-refractivity contribution in [3.05, 3.63) is 11.6 Å². The molecule has 0 spiro atoms. The monoisotopic (exact) mass is 376 g/mol. The van der Waals surface area contributed by atoms with Crippen LogP contribution in [0.1, 0.15) is 28.8 Å². The van der Waals surface area contributed by atoms with Gasteiger partial charge in [-0.2, -0.15) is 0 Å². The molecule has 1 amide bonds. The van der Waals surface area contributed by atoms with Gasteiger partial charge in [-0.05, 0) is 0 Å². The molecule has 0 aromatic carbocycles. The van der Waals surface area contributed by atoms with Gasteiger partial charge in [-0.25, -0.2) is 9.67 Å². The quantitative estimate of drug-likeness (QED) is 0.259. The van der Waals surface area contributed by atoms with Crippen molar-refractivity contribution in [1.82, 2.24) is 14.8 Å². The van der Waals surface area contributed by atoms with E-state index >= 15 is 0 Å². The zero-order valence-corrected chi connectivity index (χ0v) is 13.4. The van der Waals surface area contributed by atoms with Crippen LogP contribution in [0.25, 0.3) is 0 Å². The van der Waals surface area contributed by atoms with Gasteiger partial charge in [-0.1, -0.05) is 0 Å². The minimum Gasteiger partial charge on any atom is -0.394 e. The fourth-order valence-electron chi connectivity index (χ4n) is 3.02. The molecule has 1 aromatic rings. The molecule has 26 heavy (non-hydrogen) atoms. The minimum atomic E-state index is -1.54. The average molecular weight is 376 g/mol. The van der Waals surface area contributed by atoms with Crippen LogP contribution in [-0.4, -0.2) is 101 Å². The van der Waals surface area contributed by atoms with E-state index in [0.29, 0.717) is 0 Å². The van der Waals surface area contributed by atoms with E-state index in [4.69, 9.17) is 15.2 Å². The second-order valence-corrected chi connectivity index (χ2v) is 6.09. The summed E-state index contributed by atoms with van der Waals surface area (Å²) in [6, 6.07) is 0. The van der Waals surface area contributed by atoms with E-state index in [1.165, 1.54) is 0 Å². The number of ether oxygens (including phenoxy) is 2. The van der Waals surface area contributed by atoms with Crippen LogP contribution in [0.15, 0.2) is 0 Å². The third kappa shape index (κ3) is 2.97. The number of rotatable bonds is 5. The molecule has 2 aliphatic heterocycles. The van der Waals surface area contributed by atoms with E-state index < -0.39 is 73.9 Å². The molecule has 13 heteroatoms. The first-order chi connectivity index (χ1) is 12.3. The maximum Gasteiger partial charge on any atom is 0.288 e. The highest BCUT2D eigenvalue weighted by Gasteiger charge is 2.49. The fourth-order valence-corrected chi connectivity index (χ4v) is 3.02. The molecule has 8 atom stereocenters. The lowest BCUT2D eigenvalue weighted by Crippen LogP contribution is -2.34. The van der Waals surface area contributed by atoms with Crippen molar-refractivity contribution in [3.8, 4) is 0 Å². The minimum absolute atomic E-state index is 0.212. The maximum absolute atomic E-state index is 11.4. The molecular formula is C13H20N4O9. The Kier molecular flexibility index (Phi) is 5.23. The van der Waals surface area contributed by atoms with Crippen LogP contribution < -0.4 is 5.73 Å². The van der Waals surface area contributed by atoms with Gasteiger partial charge >= 0.3 is 0 Å². The number of hydrogen-bond acceptors (Lipinski definition) is 11. The predicted octanol–water partition coefficient (Wildman–Crippen LogP) is -4.86. The normalized spacial score (nSPS) is 40.2. The number of nitrogens with two attached hydrogens (primary N) is 1. The molecule has 0 aliphatic carbocycles. The fraction of sp³-hybridized carbons (Fsp3) is 0.769. The van der Waals surface area contributed by atoms with Crippen LogP contribution in [0.3, 0.4) is 0 Å². The third-order valence-corrected chi connectivity index (χ3v) is 4.43. The van der Waals surface area contributed by atoms with Gasteiger partial charge in [-0.3, -0.25) is 4.79 Å². The van der Waals surface area contributed by atoms with Crippen LogP contribution in [0, 0.1) is 0 Å². The van der Waals surface area contributed by atoms with Crippen molar-refractivity contribution in [2.24, 2.45) is 5.73 Å². The van der Waals surface area contributed by atoms with E-state index in [9.17, 15) is 35.4 Å². The molecule has 2 fully saturated rings. The lowest BCUT2D eigenvalue weighted by molar-refractivity contribution is -0.0699. The summed E-state index contributed by atoms with van der Waals surface area (Å²) in [5.41, 5.74) is 5.16. The average Bonchev–Trinajstić information content (AvgIpc) is 3.25. The number of primary amides is 1. The molecule has 3 rings (SSSR count). The summed E-state index contributed by atoms with van der Waals surface area (Å²) in [6.45, 7) is -1.17. The van der Waals surface area contributed by atoms with E-state index in [-0.39, 0.29) is 5.82 Å². The zero-order chi connectivity index (χ0) is 19.2. The Hall–Kier alpha value is -1.71. The van der Waals surface area contributed by atoms with Crippen LogP contribution in [0.5, 0.6) is 0 Å². The predicted molar refractivity (Wildman–Crippen MR) is 78.3 cm³/mol. The van der Waals surface area contributed by atoms with Gasteiger partial charge in [-0.15, -0.1) is 5.10 Å². The number of aromatic nitrogens is 3. The molecule has 1 unspecified atom stereocenters. The molecule has 0 radical (unpaired) electrons. The zero-order valence-electron chi connectivity index (χ0n) is 13.4. The first kappa shape index (κ1) is 19.1. The van der Waals surface area contributed by atoms with Gasteiger partial charge in [0.15, 0.2) is 12.1 Å². The second-order valence-electron chi connectivity index (χ2n) is 6.09. The van der Waals surface area contributed by atoms with Crippen molar-refractivity contribution in [2.45, 2.75) is 49.0 Å². The van der Waals surface area contributed by atoms with Crippen molar-refractivity contribution >= 4 is 5.91 Å². The summed E-state index contributed by atoms with van der Waals surface area (Å²) in [4.78, 5) is 15.3. The highest BCUT2D eigenvalue weighted by atomic mass is 16.6. The topological polar surface area (TPSA) is 214 Å².